The lowest BCUT2D eigenvalue weighted by Crippen LogP contribution is -2.24. The Morgan fingerprint density at radius 2 is 1.96 bits per heavy atom. The molecule has 5 nitrogen and oxygen atoms in total. The number of carbonyl (C=O) groups excluding carboxylic acids is 1. The van der Waals surface area contributed by atoms with Gasteiger partial charge in [-0.2, -0.15) is 5.26 Å². The summed E-state index contributed by atoms with van der Waals surface area (Å²) in [5.41, 5.74) is 1.69. The molecule has 0 saturated carbocycles. The summed E-state index contributed by atoms with van der Waals surface area (Å²) < 4.78 is 0. The number of anilines is 1. The second-order valence-corrected chi connectivity index (χ2v) is 5.42. The summed E-state index contributed by atoms with van der Waals surface area (Å²) in [6.45, 7) is 0.321. The summed E-state index contributed by atoms with van der Waals surface area (Å²) in [6.07, 6.45) is 4.76. The molecule has 0 aliphatic carbocycles. The Morgan fingerprint density at radius 1 is 1.12 bits per heavy atom. The number of nitriles is 1. The van der Waals surface area contributed by atoms with Gasteiger partial charge in [0.1, 0.15) is 11.6 Å². The molecule has 3 rings (SSSR count). The summed E-state index contributed by atoms with van der Waals surface area (Å²) in [5, 5.41) is 17.1. The number of amides is 1. The molecule has 1 heterocycles. The minimum Gasteiger partial charge on any atom is -0.360 e. The van der Waals surface area contributed by atoms with E-state index in [4.69, 9.17) is 0 Å². The highest BCUT2D eigenvalue weighted by atomic mass is 16.1. The van der Waals surface area contributed by atoms with Crippen LogP contribution in [0.1, 0.15) is 5.56 Å². The molecule has 0 radical (unpaired) electrons. The fraction of sp³-hybridized carbons (Fsp3) is 0.0500. The molecular weight excluding hydrogens is 312 g/mol. The lowest BCUT2D eigenvalue weighted by atomic mass is 10.1. The fourth-order valence-electron chi connectivity index (χ4n) is 2.36. The third-order valence-electron chi connectivity index (χ3n) is 3.67. The van der Waals surface area contributed by atoms with Crippen molar-refractivity contribution in [1.29, 1.82) is 5.26 Å². The number of benzene rings is 2. The third-order valence-corrected chi connectivity index (χ3v) is 3.67. The minimum absolute atomic E-state index is 0.0112. The van der Waals surface area contributed by atoms with Crippen LogP contribution in [0.2, 0.25) is 0 Å². The molecule has 2 N–H and O–H groups in total. The van der Waals surface area contributed by atoms with Gasteiger partial charge in [-0.3, -0.25) is 9.78 Å². The van der Waals surface area contributed by atoms with Gasteiger partial charge in [-0.15, -0.1) is 0 Å². The number of nitrogens with zero attached hydrogens (tertiary/aromatic N) is 2. The monoisotopic (exact) mass is 328 g/mol. The van der Waals surface area contributed by atoms with E-state index >= 15 is 0 Å². The van der Waals surface area contributed by atoms with Gasteiger partial charge in [-0.1, -0.05) is 36.4 Å². The molecule has 1 aromatic heterocycles. The molecule has 5 heteroatoms. The zero-order valence-electron chi connectivity index (χ0n) is 13.4. The first-order valence-corrected chi connectivity index (χ1v) is 7.79. The zero-order valence-corrected chi connectivity index (χ0v) is 13.4. The van der Waals surface area contributed by atoms with Crippen LogP contribution < -0.4 is 10.6 Å². The van der Waals surface area contributed by atoms with Crippen LogP contribution in [0, 0.1) is 11.3 Å². The Kier molecular flexibility index (Phi) is 5.03. The summed E-state index contributed by atoms with van der Waals surface area (Å²) in [7, 11) is 0. The lowest BCUT2D eigenvalue weighted by molar-refractivity contribution is -0.117. The van der Waals surface area contributed by atoms with Crippen molar-refractivity contribution >= 4 is 22.4 Å². The standard InChI is InChI=1S/C20H16N4O/c21-11-18(20(25)24-13-15-4-3-9-22-12-15)14-23-19-8-7-16-5-1-2-6-17(16)10-19/h1-10,12,14,23H,13H2,(H,24,25)/b18-14-. The van der Waals surface area contributed by atoms with Gasteiger partial charge in [0.15, 0.2) is 0 Å². The van der Waals surface area contributed by atoms with Gasteiger partial charge in [0.2, 0.25) is 0 Å². The van der Waals surface area contributed by atoms with E-state index in [1.807, 2.05) is 54.6 Å². The summed E-state index contributed by atoms with van der Waals surface area (Å²) in [6, 6.07) is 19.4. The van der Waals surface area contributed by atoms with Crippen LogP contribution in [0.3, 0.4) is 0 Å². The van der Waals surface area contributed by atoms with Crippen molar-refractivity contribution in [2.24, 2.45) is 0 Å². The highest BCUT2D eigenvalue weighted by molar-refractivity contribution is 5.97. The highest BCUT2D eigenvalue weighted by Crippen LogP contribution is 2.19. The maximum Gasteiger partial charge on any atom is 0.263 e. The van der Waals surface area contributed by atoms with Crippen molar-refractivity contribution in [3.05, 3.63) is 84.3 Å². The molecule has 0 fully saturated rings. The molecule has 0 aliphatic heterocycles. The molecule has 0 saturated heterocycles. The molecular formula is C20H16N4O. The van der Waals surface area contributed by atoms with Crippen molar-refractivity contribution in [2.75, 3.05) is 5.32 Å². The number of nitrogens with one attached hydrogen (secondary N) is 2. The SMILES string of the molecule is N#C/C(=C/Nc1ccc2ccccc2c1)C(=O)NCc1cccnc1. The maximum atomic E-state index is 12.1. The minimum atomic E-state index is -0.431. The smallest absolute Gasteiger partial charge is 0.263 e. The molecule has 0 unspecified atom stereocenters. The van der Waals surface area contributed by atoms with Crippen LogP contribution in [0.25, 0.3) is 10.8 Å². The van der Waals surface area contributed by atoms with Crippen LogP contribution in [0.4, 0.5) is 5.69 Å². The van der Waals surface area contributed by atoms with E-state index in [0.717, 1.165) is 22.0 Å². The number of fused-ring (bicyclic) bond motifs is 1. The van der Waals surface area contributed by atoms with Gasteiger partial charge in [0.25, 0.3) is 5.91 Å². The van der Waals surface area contributed by atoms with E-state index in [2.05, 4.69) is 15.6 Å². The van der Waals surface area contributed by atoms with E-state index in [9.17, 15) is 10.1 Å². The Balaban J connectivity index is 1.66. The summed E-state index contributed by atoms with van der Waals surface area (Å²) in [5.74, 6) is -0.431. The summed E-state index contributed by atoms with van der Waals surface area (Å²) in [4.78, 5) is 16.1. The molecule has 122 valence electrons. The number of pyridine rings is 1. The van der Waals surface area contributed by atoms with E-state index in [1.54, 1.807) is 18.5 Å². The maximum absolute atomic E-state index is 12.1. The van der Waals surface area contributed by atoms with Crippen LogP contribution in [-0.4, -0.2) is 10.9 Å². The fourth-order valence-corrected chi connectivity index (χ4v) is 2.36. The molecule has 3 aromatic rings. The Labute approximate surface area is 145 Å². The van der Waals surface area contributed by atoms with Crippen LogP contribution in [-0.2, 0) is 11.3 Å². The molecule has 25 heavy (non-hydrogen) atoms. The van der Waals surface area contributed by atoms with Gasteiger partial charge < -0.3 is 10.6 Å². The third kappa shape index (κ3) is 4.21. The second-order valence-electron chi connectivity index (χ2n) is 5.42. The van der Waals surface area contributed by atoms with E-state index in [-0.39, 0.29) is 5.57 Å². The first-order valence-electron chi connectivity index (χ1n) is 7.79. The van der Waals surface area contributed by atoms with Gasteiger partial charge in [0, 0.05) is 30.8 Å². The Bertz CT molecular complexity index is 958. The van der Waals surface area contributed by atoms with Crippen LogP contribution in [0.5, 0.6) is 0 Å². The van der Waals surface area contributed by atoms with Crippen molar-refractivity contribution in [2.45, 2.75) is 6.54 Å². The number of hydrogen-bond donors (Lipinski definition) is 2. The lowest BCUT2D eigenvalue weighted by Gasteiger charge is -2.06. The normalized spacial score (nSPS) is 10.9. The highest BCUT2D eigenvalue weighted by Gasteiger charge is 2.08. The average molecular weight is 328 g/mol. The topological polar surface area (TPSA) is 77.8 Å². The Hall–Kier alpha value is -3.65. The number of aromatic nitrogens is 1. The number of carbonyl (C=O) groups is 1. The largest absolute Gasteiger partial charge is 0.360 e. The molecule has 0 spiro atoms. The second kappa shape index (κ2) is 7.75. The molecule has 2 aromatic carbocycles. The van der Waals surface area contributed by atoms with Crippen LogP contribution >= 0.6 is 0 Å². The van der Waals surface area contributed by atoms with Gasteiger partial charge >= 0.3 is 0 Å². The number of hydrogen-bond acceptors (Lipinski definition) is 4. The van der Waals surface area contributed by atoms with E-state index in [0.29, 0.717) is 6.54 Å². The molecule has 0 atom stereocenters. The quantitative estimate of drug-likeness (QED) is 0.556. The van der Waals surface area contributed by atoms with Gasteiger partial charge in [-0.25, -0.2) is 0 Å². The zero-order chi connectivity index (χ0) is 17.5. The van der Waals surface area contributed by atoms with Crippen LogP contribution in [0.15, 0.2) is 78.8 Å². The molecule has 1 amide bonds. The first kappa shape index (κ1) is 16.2. The van der Waals surface area contributed by atoms with E-state index < -0.39 is 5.91 Å². The number of rotatable bonds is 5. The predicted molar refractivity (Wildman–Crippen MR) is 97.4 cm³/mol. The van der Waals surface area contributed by atoms with Crippen molar-refractivity contribution in [3.8, 4) is 6.07 Å². The molecule has 0 aliphatic rings. The van der Waals surface area contributed by atoms with Crippen molar-refractivity contribution in [3.63, 3.8) is 0 Å². The Morgan fingerprint density at radius 3 is 2.72 bits per heavy atom. The predicted octanol–water partition coefficient (Wildman–Crippen LogP) is 3.37. The average Bonchev–Trinajstić information content (AvgIpc) is 2.67. The van der Waals surface area contributed by atoms with Gasteiger partial charge in [-0.05, 0) is 34.5 Å². The first-order chi connectivity index (χ1) is 12.3. The van der Waals surface area contributed by atoms with Crippen molar-refractivity contribution in [1.82, 2.24) is 10.3 Å². The molecule has 0 bridgehead atoms. The van der Waals surface area contributed by atoms with E-state index in [1.165, 1.54) is 6.20 Å². The summed E-state index contributed by atoms with van der Waals surface area (Å²) >= 11 is 0. The van der Waals surface area contributed by atoms with Gasteiger partial charge in [0.05, 0.1) is 0 Å². The van der Waals surface area contributed by atoms with Crippen molar-refractivity contribution < 1.29 is 4.79 Å².